The van der Waals surface area contributed by atoms with Crippen molar-refractivity contribution < 1.29 is 9.59 Å². The molecule has 3 rings (SSSR count). The zero-order valence-corrected chi connectivity index (χ0v) is 16.4. The first-order valence-corrected chi connectivity index (χ1v) is 9.59. The van der Waals surface area contributed by atoms with Gasteiger partial charge in [-0.2, -0.15) is 5.10 Å². The highest BCUT2D eigenvalue weighted by Gasteiger charge is 2.21. The van der Waals surface area contributed by atoms with Crippen LogP contribution in [0.25, 0.3) is 0 Å². The van der Waals surface area contributed by atoms with Crippen molar-refractivity contribution in [3.05, 3.63) is 47.3 Å². The summed E-state index contributed by atoms with van der Waals surface area (Å²) in [5.41, 5.74) is 4.03. The van der Waals surface area contributed by atoms with E-state index in [-0.39, 0.29) is 11.8 Å². The second-order valence-corrected chi connectivity index (χ2v) is 7.51. The highest BCUT2D eigenvalue weighted by Crippen LogP contribution is 2.21. The minimum Gasteiger partial charge on any atom is -0.355 e. The van der Waals surface area contributed by atoms with Gasteiger partial charge in [-0.15, -0.1) is 0 Å². The van der Waals surface area contributed by atoms with Crippen molar-refractivity contribution in [2.24, 2.45) is 5.92 Å². The maximum absolute atomic E-state index is 12.2. The zero-order valence-electron chi connectivity index (χ0n) is 16.4. The van der Waals surface area contributed by atoms with E-state index in [9.17, 15) is 9.59 Å². The summed E-state index contributed by atoms with van der Waals surface area (Å²) < 4.78 is 1.99. The Labute approximate surface area is 160 Å². The number of hydrogen-bond donors (Lipinski definition) is 1. The maximum atomic E-state index is 12.2. The molecule has 0 aliphatic carbocycles. The lowest BCUT2D eigenvalue weighted by Gasteiger charge is -2.16. The Morgan fingerprint density at radius 2 is 2.00 bits per heavy atom. The molecule has 1 N–H and O–H groups in total. The van der Waals surface area contributed by atoms with Crippen LogP contribution in [0.3, 0.4) is 0 Å². The highest BCUT2D eigenvalue weighted by atomic mass is 16.2. The van der Waals surface area contributed by atoms with Crippen LogP contribution in [-0.4, -0.2) is 34.7 Å². The van der Waals surface area contributed by atoms with Crippen molar-refractivity contribution >= 4 is 17.5 Å². The number of nitrogens with one attached hydrogen (secondary N) is 1. The summed E-state index contributed by atoms with van der Waals surface area (Å²) in [5.74, 6) is 0.493. The predicted octanol–water partition coefficient (Wildman–Crippen LogP) is 2.62. The van der Waals surface area contributed by atoms with Gasteiger partial charge in [0.15, 0.2) is 0 Å². The van der Waals surface area contributed by atoms with Gasteiger partial charge in [0, 0.05) is 37.4 Å². The molecule has 1 atom stereocenters. The summed E-state index contributed by atoms with van der Waals surface area (Å²) in [6.07, 6.45) is 1.89. The Balaban J connectivity index is 1.46. The molecule has 144 valence electrons. The molecule has 27 heavy (non-hydrogen) atoms. The molecular weight excluding hydrogens is 340 g/mol. The predicted molar refractivity (Wildman–Crippen MR) is 106 cm³/mol. The van der Waals surface area contributed by atoms with Crippen LogP contribution < -0.4 is 10.2 Å². The van der Waals surface area contributed by atoms with Crippen LogP contribution in [-0.2, 0) is 22.6 Å². The first-order valence-electron chi connectivity index (χ1n) is 9.59. The lowest BCUT2D eigenvalue weighted by atomic mass is 10.1. The fraction of sp³-hybridized carbons (Fsp3) is 0.476. The molecule has 2 heterocycles. The average molecular weight is 368 g/mol. The summed E-state index contributed by atoms with van der Waals surface area (Å²) in [4.78, 5) is 25.8. The van der Waals surface area contributed by atoms with Gasteiger partial charge in [-0.25, -0.2) is 0 Å². The van der Waals surface area contributed by atoms with Crippen LogP contribution in [0.15, 0.2) is 30.3 Å². The molecule has 1 aliphatic heterocycles. The third-order valence-corrected chi connectivity index (χ3v) is 4.92. The van der Waals surface area contributed by atoms with Gasteiger partial charge >= 0.3 is 0 Å². The van der Waals surface area contributed by atoms with Gasteiger partial charge in [0.1, 0.15) is 0 Å². The van der Waals surface area contributed by atoms with Gasteiger partial charge in [0.25, 0.3) is 0 Å². The van der Waals surface area contributed by atoms with Gasteiger partial charge in [0.05, 0.1) is 12.1 Å². The lowest BCUT2D eigenvalue weighted by Crippen LogP contribution is -2.31. The summed E-state index contributed by atoms with van der Waals surface area (Å²) in [7, 11) is 0. The molecule has 0 bridgehead atoms. The topological polar surface area (TPSA) is 67.2 Å². The number of amides is 2. The van der Waals surface area contributed by atoms with E-state index in [0.29, 0.717) is 25.3 Å². The van der Waals surface area contributed by atoms with E-state index >= 15 is 0 Å². The molecule has 2 aromatic rings. The number of carbonyl (C=O) groups is 2. The quantitative estimate of drug-likeness (QED) is 0.817. The molecule has 1 aromatic carbocycles. The second kappa shape index (κ2) is 8.37. The summed E-state index contributed by atoms with van der Waals surface area (Å²) in [6, 6.07) is 9.78. The SMILES string of the molecule is Cc1cc(C)n(CC(C)CNC(=O)Cc2ccc(N3CCCC3=O)cc2)n1. The first kappa shape index (κ1) is 19.1. The van der Waals surface area contributed by atoms with Gasteiger partial charge < -0.3 is 10.2 Å². The van der Waals surface area contributed by atoms with Gasteiger partial charge in [0.2, 0.25) is 11.8 Å². The number of hydrogen-bond acceptors (Lipinski definition) is 3. The number of nitrogens with zero attached hydrogens (tertiary/aromatic N) is 3. The molecule has 1 saturated heterocycles. The first-order chi connectivity index (χ1) is 12.9. The van der Waals surface area contributed by atoms with E-state index in [0.717, 1.165) is 42.1 Å². The van der Waals surface area contributed by atoms with Crippen molar-refractivity contribution in [2.75, 3.05) is 18.0 Å². The largest absolute Gasteiger partial charge is 0.355 e. The average Bonchev–Trinajstić information content (AvgIpc) is 3.19. The van der Waals surface area contributed by atoms with Crippen molar-refractivity contribution in [3.63, 3.8) is 0 Å². The molecule has 6 nitrogen and oxygen atoms in total. The molecule has 0 radical (unpaired) electrons. The van der Waals surface area contributed by atoms with Crippen molar-refractivity contribution in [1.82, 2.24) is 15.1 Å². The van der Waals surface area contributed by atoms with Crippen LogP contribution >= 0.6 is 0 Å². The fourth-order valence-electron chi connectivity index (χ4n) is 3.47. The molecular formula is C21H28N4O2. The number of anilines is 1. The van der Waals surface area contributed by atoms with Crippen LogP contribution in [0.2, 0.25) is 0 Å². The third kappa shape index (κ3) is 4.96. The standard InChI is InChI=1S/C21H28N4O2/c1-15(14-25-17(3)11-16(2)23-25)13-22-20(26)12-18-6-8-19(9-7-18)24-10-4-5-21(24)27/h6-9,11,15H,4-5,10,12-14H2,1-3H3,(H,22,26). The highest BCUT2D eigenvalue weighted by molar-refractivity contribution is 5.95. The monoisotopic (exact) mass is 368 g/mol. The van der Waals surface area contributed by atoms with Crippen molar-refractivity contribution in [2.45, 2.75) is 46.6 Å². The molecule has 1 aromatic heterocycles. The Morgan fingerprint density at radius 3 is 2.59 bits per heavy atom. The number of carbonyl (C=O) groups excluding carboxylic acids is 2. The van der Waals surface area contributed by atoms with Crippen LogP contribution in [0.5, 0.6) is 0 Å². The van der Waals surface area contributed by atoms with E-state index in [2.05, 4.69) is 23.4 Å². The molecule has 1 fully saturated rings. The minimum atomic E-state index is 0.0141. The van der Waals surface area contributed by atoms with Crippen molar-refractivity contribution in [3.8, 4) is 0 Å². The fourth-order valence-corrected chi connectivity index (χ4v) is 3.47. The zero-order chi connectivity index (χ0) is 19.4. The van der Waals surface area contributed by atoms with Crippen molar-refractivity contribution in [1.29, 1.82) is 0 Å². The Bertz CT molecular complexity index is 810. The second-order valence-electron chi connectivity index (χ2n) is 7.51. The Hall–Kier alpha value is -2.63. The Morgan fingerprint density at radius 1 is 1.26 bits per heavy atom. The van der Waals surface area contributed by atoms with E-state index in [1.807, 2.05) is 47.7 Å². The maximum Gasteiger partial charge on any atom is 0.227 e. The molecule has 6 heteroatoms. The molecule has 0 saturated carbocycles. The number of aromatic nitrogens is 2. The van der Waals surface area contributed by atoms with Gasteiger partial charge in [-0.1, -0.05) is 19.1 Å². The number of benzene rings is 1. The van der Waals surface area contributed by atoms with Gasteiger partial charge in [-0.3, -0.25) is 14.3 Å². The van der Waals surface area contributed by atoms with E-state index < -0.39 is 0 Å². The van der Waals surface area contributed by atoms with E-state index in [4.69, 9.17) is 0 Å². The van der Waals surface area contributed by atoms with Crippen LogP contribution in [0.4, 0.5) is 5.69 Å². The number of aryl methyl sites for hydroxylation is 2. The normalized spacial score (nSPS) is 15.2. The third-order valence-electron chi connectivity index (χ3n) is 4.92. The minimum absolute atomic E-state index is 0.0141. The van der Waals surface area contributed by atoms with Crippen LogP contribution in [0, 0.1) is 19.8 Å². The lowest BCUT2D eigenvalue weighted by molar-refractivity contribution is -0.120. The van der Waals surface area contributed by atoms with E-state index in [1.54, 1.807) is 0 Å². The molecule has 1 unspecified atom stereocenters. The summed E-state index contributed by atoms with van der Waals surface area (Å²) >= 11 is 0. The number of rotatable bonds is 7. The summed E-state index contributed by atoms with van der Waals surface area (Å²) in [5, 5.41) is 7.48. The molecule has 1 aliphatic rings. The van der Waals surface area contributed by atoms with Gasteiger partial charge in [-0.05, 0) is 49.9 Å². The van der Waals surface area contributed by atoms with E-state index in [1.165, 1.54) is 0 Å². The molecule has 0 spiro atoms. The summed E-state index contributed by atoms with van der Waals surface area (Å²) in [6.45, 7) is 8.34. The Kier molecular flexibility index (Phi) is 5.94. The van der Waals surface area contributed by atoms with Crippen LogP contribution in [0.1, 0.15) is 36.7 Å². The molecule has 2 amide bonds. The smallest absolute Gasteiger partial charge is 0.227 e.